The van der Waals surface area contributed by atoms with Crippen molar-refractivity contribution in [2.24, 2.45) is 0 Å². The molecule has 112 valence electrons. The number of fused-ring (bicyclic) bond motifs is 1. The predicted octanol–water partition coefficient (Wildman–Crippen LogP) is 4.24. The summed E-state index contributed by atoms with van der Waals surface area (Å²) in [5.41, 5.74) is 0.838. The molecule has 0 amide bonds. The van der Waals surface area contributed by atoms with Crippen molar-refractivity contribution in [3.05, 3.63) is 11.8 Å². The first-order valence-corrected chi connectivity index (χ1v) is 7.46. The van der Waals surface area contributed by atoms with E-state index in [-0.39, 0.29) is 6.42 Å². The van der Waals surface area contributed by atoms with E-state index in [0.717, 1.165) is 36.1 Å². The summed E-state index contributed by atoms with van der Waals surface area (Å²) in [6, 6.07) is 0.353. The Bertz CT molecular complexity index is 459. The van der Waals surface area contributed by atoms with Gasteiger partial charge in [-0.3, -0.25) is 0 Å². The van der Waals surface area contributed by atoms with Crippen LogP contribution in [0.15, 0.2) is 6.07 Å². The van der Waals surface area contributed by atoms with Crippen LogP contribution in [0.25, 0.3) is 0 Å². The van der Waals surface area contributed by atoms with Crippen LogP contribution in [0.4, 0.5) is 19.0 Å². The summed E-state index contributed by atoms with van der Waals surface area (Å²) in [5, 5.41) is 7.34. The Balaban J connectivity index is 1.87. The summed E-state index contributed by atoms with van der Waals surface area (Å²) in [7, 11) is 0. The Morgan fingerprint density at radius 1 is 1.10 bits per heavy atom. The van der Waals surface area contributed by atoms with Gasteiger partial charge in [-0.15, -0.1) is 0 Å². The molecule has 2 aliphatic rings. The van der Waals surface area contributed by atoms with Crippen LogP contribution in [-0.4, -0.2) is 22.5 Å². The van der Waals surface area contributed by atoms with Gasteiger partial charge in [0.1, 0.15) is 5.82 Å². The van der Waals surface area contributed by atoms with E-state index in [1.807, 2.05) is 6.07 Å². The highest BCUT2D eigenvalue weighted by molar-refractivity contribution is 5.40. The first kappa shape index (κ1) is 13.8. The SMILES string of the molecule is FC(F)(F)C1CCNc2cc(C3CCCCCC3)nn21. The molecule has 3 nitrogen and oxygen atoms in total. The molecule has 1 aromatic rings. The van der Waals surface area contributed by atoms with Gasteiger partial charge in [0.25, 0.3) is 0 Å². The molecule has 1 N–H and O–H groups in total. The van der Waals surface area contributed by atoms with Crippen molar-refractivity contribution in [1.82, 2.24) is 9.78 Å². The normalized spacial score (nSPS) is 24.9. The average molecular weight is 287 g/mol. The van der Waals surface area contributed by atoms with Gasteiger partial charge in [-0.25, -0.2) is 4.68 Å². The number of halogens is 3. The smallest absolute Gasteiger partial charge is 0.370 e. The molecule has 0 bridgehead atoms. The lowest BCUT2D eigenvalue weighted by atomic mass is 9.97. The average Bonchev–Trinajstić information content (AvgIpc) is 2.64. The fourth-order valence-corrected chi connectivity index (χ4v) is 3.32. The lowest BCUT2D eigenvalue weighted by Crippen LogP contribution is -2.33. The molecule has 1 fully saturated rings. The zero-order valence-corrected chi connectivity index (χ0v) is 11.4. The largest absolute Gasteiger partial charge is 0.410 e. The van der Waals surface area contributed by atoms with Crippen molar-refractivity contribution >= 4 is 5.82 Å². The number of nitrogens with one attached hydrogen (secondary N) is 1. The Hall–Kier alpha value is -1.20. The first-order chi connectivity index (χ1) is 9.55. The molecule has 0 spiro atoms. The summed E-state index contributed by atoms with van der Waals surface area (Å²) < 4.78 is 40.3. The maximum absolute atomic E-state index is 13.0. The molecule has 1 unspecified atom stereocenters. The summed E-state index contributed by atoms with van der Waals surface area (Å²) in [6.45, 7) is 0.361. The van der Waals surface area contributed by atoms with Crippen LogP contribution in [-0.2, 0) is 0 Å². The van der Waals surface area contributed by atoms with Crippen molar-refractivity contribution in [2.75, 3.05) is 11.9 Å². The van der Waals surface area contributed by atoms with Crippen LogP contribution in [0.5, 0.6) is 0 Å². The Labute approximate surface area is 116 Å². The molecular weight excluding hydrogens is 267 g/mol. The van der Waals surface area contributed by atoms with Crippen LogP contribution in [0.1, 0.15) is 62.6 Å². The second-order valence-corrected chi connectivity index (χ2v) is 5.86. The highest BCUT2D eigenvalue weighted by Crippen LogP contribution is 2.39. The lowest BCUT2D eigenvalue weighted by molar-refractivity contribution is -0.171. The molecule has 20 heavy (non-hydrogen) atoms. The van der Waals surface area contributed by atoms with Gasteiger partial charge in [-0.05, 0) is 19.3 Å². The van der Waals surface area contributed by atoms with E-state index in [9.17, 15) is 13.2 Å². The molecule has 6 heteroatoms. The van der Waals surface area contributed by atoms with E-state index >= 15 is 0 Å². The molecule has 0 aromatic carbocycles. The van der Waals surface area contributed by atoms with Crippen LogP contribution in [0.3, 0.4) is 0 Å². The molecule has 1 atom stereocenters. The summed E-state index contributed by atoms with van der Waals surface area (Å²) in [5.74, 6) is 0.851. The number of alkyl halides is 3. The van der Waals surface area contributed by atoms with Gasteiger partial charge in [0.15, 0.2) is 6.04 Å². The maximum atomic E-state index is 13.0. The van der Waals surface area contributed by atoms with Gasteiger partial charge in [-0.2, -0.15) is 18.3 Å². The number of nitrogens with zero attached hydrogens (tertiary/aromatic N) is 2. The van der Waals surface area contributed by atoms with Crippen molar-refractivity contribution < 1.29 is 13.2 Å². The minimum atomic E-state index is -4.22. The number of rotatable bonds is 1. The van der Waals surface area contributed by atoms with Crippen molar-refractivity contribution in [2.45, 2.75) is 63.1 Å². The third-order valence-corrected chi connectivity index (χ3v) is 4.43. The zero-order valence-electron chi connectivity index (χ0n) is 11.4. The molecule has 1 saturated carbocycles. The highest BCUT2D eigenvalue weighted by atomic mass is 19.4. The monoisotopic (exact) mass is 287 g/mol. The Kier molecular flexibility index (Phi) is 3.65. The number of hydrogen-bond acceptors (Lipinski definition) is 2. The van der Waals surface area contributed by atoms with Crippen molar-refractivity contribution in [1.29, 1.82) is 0 Å². The second kappa shape index (κ2) is 5.30. The van der Waals surface area contributed by atoms with Crippen molar-refractivity contribution in [3.8, 4) is 0 Å². The number of hydrogen-bond donors (Lipinski definition) is 1. The van der Waals surface area contributed by atoms with E-state index in [1.165, 1.54) is 12.8 Å². The summed E-state index contributed by atoms with van der Waals surface area (Å²) in [4.78, 5) is 0. The van der Waals surface area contributed by atoms with E-state index in [2.05, 4.69) is 10.4 Å². The van der Waals surface area contributed by atoms with Gasteiger partial charge in [0, 0.05) is 18.5 Å². The van der Waals surface area contributed by atoms with E-state index < -0.39 is 12.2 Å². The van der Waals surface area contributed by atoms with Crippen LogP contribution in [0, 0.1) is 0 Å². The predicted molar refractivity (Wildman–Crippen MR) is 70.9 cm³/mol. The minimum Gasteiger partial charge on any atom is -0.370 e. The lowest BCUT2D eigenvalue weighted by Gasteiger charge is -2.27. The summed E-state index contributed by atoms with van der Waals surface area (Å²) in [6.07, 6.45) is 2.71. The third-order valence-electron chi connectivity index (χ3n) is 4.43. The number of anilines is 1. The van der Waals surface area contributed by atoms with E-state index in [4.69, 9.17) is 0 Å². The molecule has 2 heterocycles. The van der Waals surface area contributed by atoms with Gasteiger partial charge in [0.05, 0.1) is 5.69 Å². The molecule has 1 aliphatic heterocycles. The fraction of sp³-hybridized carbons (Fsp3) is 0.786. The Morgan fingerprint density at radius 3 is 2.45 bits per heavy atom. The zero-order chi connectivity index (χ0) is 14.2. The molecule has 1 aromatic heterocycles. The molecule has 1 aliphatic carbocycles. The minimum absolute atomic E-state index is 0.0578. The van der Waals surface area contributed by atoms with Gasteiger partial charge < -0.3 is 5.32 Å². The highest BCUT2D eigenvalue weighted by Gasteiger charge is 2.44. The molecule has 0 saturated heterocycles. The third kappa shape index (κ3) is 2.65. The maximum Gasteiger partial charge on any atom is 0.410 e. The molecular formula is C14H20F3N3. The van der Waals surface area contributed by atoms with E-state index in [0.29, 0.717) is 18.3 Å². The molecule has 0 radical (unpaired) electrons. The van der Waals surface area contributed by atoms with Crippen molar-refractivity contribution in [3.63, 3.8) is 0 Å². The van der Waals surface area contributed by atoms with Gasteiger partial charge in [0.2, 0.25) is 0 Å². The van der Waals surface area contributed by atoms with Crippen LogP contribution < -0.4 is 5.32 Å². The van der Waals surface area contributed by atoms with Gasteiger partial charge >= 0.3 is 6.18 Å². The second-order valence-electron chi connectivity index (χ2n) is 5.86. The standard InChI is InChI=1S/C14H20F3N3/c15-14(16,17)12-7-8-18-13-9-11(19-20(12)13)10-5-3-1-2-4-6-10/h9-10,12,18H,1-8H2. The topological polar surface area (TPSA) is 29.9 Å². The first-order valence-electron chi connectivity index (χ1n) is 7.46. The quantitative estimate of drug-likeness (QED) is 0.783. The molecule has 3 rings (SSSR count). The summed E-state index contributed by atoms with van der Waals surface area (Å²) >= 11 is 0. The van der Waals surface area contributed by atoms with E-state index in [1.54, 1.807) is 0 Å². The Morgan fingerprint density at radius 2 is 1.80 bits per heavy atom. The van der Waals surface area contributed by atoms with Crippen LogP contribution >= 0.6 is 0 Å². The fourth-order valence-electron chi connectivity index (χ4n) is 3.32. The number of aromatic nitrogens is 2. The van der Waals surface area contributed by atoms with Crippen LogP contribution in [0.2, 0.25) is 0 Å². The van der Waals surface area contributed by atoms with Gasteiger partial charge in [-0.1, -0.05) is 25.7 Å².